The van der Waals surface area contributed by atoms with Crippen LogP contribution in [-0.2, 0) is 14.3 Å². The normalized spacial score (nSPS) is 13.6. The number of hydrogen-bond acceptors (Lipinski definition) is 5. The van der Waals surface area contributed by atoms with Crippen molar-refractivity contribution < 1.29 is 24.5 Å². The Bertz CT molecular complexity index is 1040. The largest absolute Gasteiger partial charge is 0.462 e. The number of carbonyl (C=O) groups excluding carboxylic acids is 2. The molecule has 0 saturated heterocycles. The summed E-state index contributed by atoms with van der Waals surface area (Å²) in [4.78, 5) is 26.0. The van der Waals surface area contributed by atoms with Gasteiger partial charge in [-0.15, -0.1) is 0 Å². The van der Waals surface area contributed by atoms with Crippen LogP contribution in [0.2, 0.25) is 0 Å². The number of ether oxygens (including phenoxy) is 1. The van der Waals surface area contributed by atoms with Gasteiger partial charge in [-0.2, -0.15) is 0 Å². The molecule has 0 aliphatic heterocycles. The van der Waals surface area contributed by atoms with Crippen LogP contribution in [0.3, 0.4) is 0 Å². The average Bonchev–Trinajstić information content (AvgIpc) is 3.24. The second-order valence-corrected chi connectivity index (χ2v) is 17.6. The molecule has 6 heteroatoms. The first-order valence-corrected chi connectivity index (χ1v) is 25.9. The Morgan fingerprint density at radius 1 is 0.483 bits per heavy atom. The lowest BCUT2D eigenvalue weighted by Gasteiger charge is -2.24. The van der Waals surface area contributed by atoms with E-state index in [1.807, 2.05) is 0 Å². The molecule has 0 aliphatic rings. The molecule has 3 atom stereocenters. The van der Waals surface area contributed by atoms with Crippen LogP contribution in [0.15, 0.2) is 48.6 Å². The highest BCUT2D eigenvalue weighted by molar-refractivity contribution is 5.77. The minimum absolute atomic E-state index is 0.0572. The van der Waals surface area contributed by atoms with Crippen molar-refractivity contribution in [3.8, 4) is 0 Å². The molecule has 0 saturated carbocycles. The zero-order chi connectivity index (χ0) is 43.8. The highest BCUT2D eigenvalue weighted by Gasteiger charge is 2.24. The van der Waals surface area contributed by atoms with Gasteiger partial charge < -0.3 is 20.3 Å². The third-order valence-electron chi connectivity index (χ3n) is 11.6. The fourth-order valence-corrected chi connectivity index (χ4v) is 7.67. The summed E-state index contributed by atoms with van der Waals surface area (Å²) < 4.78 is 5.89. The zero-order valence-electron chi connectivity index (χ0n) is 39.8. The Balaban J connectivity index is 4.43. The summed E-state index contributed by atoms with van der Waals surface area (Å²) in [6, 6.07) is -0.709. The third-order valence-corrected chi connectivity index (χ3v) is 11.6. The van der Waals surface area contributed by atoms with Crippen LogP contribution < -0.4 is 5.32 Å². The maximum Gasteiger partial charge on any atom is 0.306 e. The topological polar surface area (TPSA) is 95.9 Å². The monoisotopic (exact) mass is 842 g/mol. The van der Waals surface area contributed by atoms with Gasteiger partial charge in [-0.25, -0.2) is 0 Å². The maximum atomic E-state index is 13.1. The summed E-state index contributed by atoms with van der Waals surface area (Å²) in [6.07, 6.45) is 57.5. The molecular formula is C54H99NO5. The molecule has 3 unspecified atom stereocenters. The number of carbonyl (C=O) groups is 2. The lowest BCUT2D eigenvalue weighted by atomic mass is 10.0. The first-order valence-electron chi connectivity index (χ1n) is 25.9. The zero-order valence-corrected chi connectivity index (χ0v) is 39.8. The van der Waals surface area contributed by atoms with Crippen molar-refractivity contribution in [3.05, 3.63) is 48.6 Å². The number of allylic oxidation sites excluding steroid dienone is 8. The van der Waals surface area contributed by atoms with Crippen LogP contribution in [0.5, 0.6) is 0 Å². The van der Waals surface area contributed by atoms with Gasteiger partial charge >= 0.3 is 5.97 Å². The van der Waals surface area contributed by atoms with E-state index in [4.69, 9.17) is 4.74 Å². The van der Waals surface area contributed by atoms with E-state index in [1.165, 1.54) is 109 Å². The first-order chi connectivity index (χ1) is 29.5. The third kappa shape index (κ3) is 42.5. The summed E-state index contributed by atoms with van der Waals surface area (Å²) in [7, 11) is 0. The molecule has 0 aromatic rings. The van der Waals surface area contributed by atoms with Gasteiger partial charge in [0.25, 0.3) is 0 Å². The number of aliphatic hydroxyl groups excluding tert-OH is 2. The first kappa shape index (κ1) is 57.8. The summed E-state index contributed by atoms with van der Waals surface area (Å²) in [6.45, 7) is 6.38. The molecule has 1 amide bonds. The molecular weight excluding hydrogens is 743 g/mol. The van der Waals surface area contributed by atoms with E-state index in [-0.39, 0.29) is 24.9 Å². The maximum absolute atomic E-state index is 13.1. The summed E-state index contributed by atoms with van der Waals surface area (Å²) in [5.74, 6) is -0.515. The Labute approximate surface area is 372 Å². The predicted molar refractivity (Wildman–Crippen MR) is 259 cm³/mol. The quantitative estimate of drug-likeness (QED) is 0.0322. The van der Waals surface area contributed by atoms with Gasteiger partial charge in [0.2, 0.25) is 5.91 Å². The van der Waals surface area contributed by atoms with E-state index in [9.17, 15) is 19.8 Å². The number of rotatable bonds is 46. The number of esters is 1. The molecule has 60 heavy (non-hydrogen) atoms. The van der Waals surface area contributed by atoms with E-state index in [0.29, 0.717) is 19.3 Å². The Morgan fingerprint density at radius 3 is 1.42 bits per heavy atom. The lowest BCUT2D eigenvalue weighted by molar-refractivity contribution is -0.151. The Morgan fingerprint density at radius 2 is 0.883 bits per heavy atom. The van der Waals surface area contributed by atoms with Crippen molar-refractivity contribution in [1.82, 2.24) is 5.32 Å². The summed E-state index contributed by atoms with van der Waals surface area (Å²) in [5.41, 5.74) is 0. The number of amides is 1. The van der Waals surface area contributed by atoms with Gasteiger partial charge in [0.15, 0.2) is 0 Å². The van der Waals surface area contributed by atoms with Crippen molar-refractivity contribution in [3.63, 3.8) is 0 Å². The van der Waals surface area contributed by atoms with Gasteiger partial charge in [-0.3, -0.25) is 9.59 Å². The molecule has 0 rings (SSSR count). The highest BCUT2D eigenvalue weighted by atomic mass is 16.5. The molecule has 350 valence electrons. The van der Waals surface area contributed by atoms with Gasteiger partial charge in [-0.05, 0) is 83.5 Å². The number of unbranched alkanes of at least 4 members (excludes halogenated alkanes) is 26. The highest BCUT2D eigenvalue weighted by Crippen LogP contribution is 2.17. The van der Waals surface area contributed by atoms with E-state index in [2.05, 4.69) is 74.7 Å². The van der Waals surface area contributed by atoms with E-state index < -0.39 is 18.2 Å². The molecule has 0 aromatic heterocycles. The fourth-order valence-electron chi connectivity index (χ4n) is 7.67. The second-order valence-electron chi connectivity index (χ2n) is 17.6. The molecule has 0 spiro atoms. The van der Waals surface area contributed by atoms with Crippen LogP contribution in [0.4, 0.5) is 0 Å². The standard InChI is InChI=1S/C54H99NO5/c1-4-7-10-13-16-19-21-23-25-27-29-31-33-35-38-41-44-47-54(59)60-50(45-42-39-36-18-15-12-9-6-3)48-53(58)55-51(49-56)52(57)46-43-40-37-34-32-30-28-26-24-22-20-17-14-11-8-5-2/h12,15-16,19,23,25,29,31,50-52,56-57H,4-11,13-14,17-18,20-22,24,26-28,30,32-49H2,1-3H3,(H,55,58)/b15-12-,19-16-,25-23-,31-29-. The van der Waals surface area contributed by atoms with Crippen molar-refractivity contribution >= 4 is 11.9 Å². The summed E-state index contributed by atoms with van der Waals surface area (Å²) in [5, 5.41) is 23.7. The second kappa shape index (κ2) is 47.9. The number of hydrogen-bond donors (Lipinski definition) is 3. The Kier molecular flexibility index (Phi) is 46.1. The van der Waals surface area contributed by atoms with Gasteiger partial charge in [0.1, 0.15) is 6.10 Å². The summed E-state index contributed by atoms with van der Waals surface area (Å²) >= 11 is 0. The SMILES string of the molecule is CCC/C=C\CCCCCC(CC(=O)NC(CO)C(O)CCCCCCCCCCCCCCCCCC)OC(=O)CCCCCC/C=C\C/C=C\C/C=C\CCCCC. The van der Waals surface area contributed by atoms with Gasteiger partial charge in [0, 0.05) is 6.42 Å². The molecule has 0 fully saturated rings. The number of aliphatic hydroxyl groups is 2. The van der Waals surface area contributed by atoms with Gasteiger partial charge in [-0.1, -0.05) is 211 Å². The molecule has 0 aliphatic carbocycles. The Hall–Kier alpha value is -2.18. The molecule has 0 heterocycles. The van der Waals surface area contributed by atoms with Crippen molar-refractivity contribution in [2.24, 2.45) is 0 Å². The molecule has 0 bridgehead atoms. The minimum atomic E-state index is -0.794. The van der Waals surface area contributed by atoms with E-state index in [1.54, 1.807) is 0 Å². The van der Waals surface area contributed by atoms with Crippen molar-refractivity contribution in [2.45, 2.75) is 277 Å². The van der Waals surface area contributed by atoms with E-state index in [0.717, 1.165) is 103 Å². The van der Waals surface area contributed by atoms with Crippen LogP contribution in [0, 0.1) is 0 Å². The predicted octanol–water partition coefficient (Wildman–Crippen LogP) is 15.5. The van der Waals surface area contributed by atoms with Crippen LogP contribution in [0.25, 0.3) is 0 Å². The van der Waals surface area contributed by atoms with Crippen LogP contribution >= 0.6 is 0 Å². The van der Waals surface area contributed by atoms with Gasteiger partial charge in [0.05, 0.1) is 25.2 Å². The molecule has 6 nitrogen and oxygen atoms in total. The fraction of sp³-hybridized carbons (Fsp3) is 0.815. The van der Waals surface area contributed by atoms with Crippen LogP contribution in [0.1, 0.15) is 258 Å². The molecule has 3 N–H and O–H groups in total. The minimum Gasteiger partial charge on any atom is -0.462 e. The smallest absolute Gasteiger partial charge is 0.306 e. The van der Waals surface area contributed by atoms with Crippen molar-refractivity contribution in [1.29, 1.82) is 0 Å². The van der Waals surface area contributed by atoms with Crippen LogP contribution in [-0.4, -0.2) is 46.9 Å². The lowest BCUT2D eigenvalue weighted by Crippen LogP contribution is -2.46. The molecule has 0 radical (unpaired) electrons. The molecule has 0 aromatic carbocycles. The average molecular weight is 842 g/mol. The van der Waals surface area contributed by atoms with E-state index >= 15 is 0 Å². The number of nitrogens with one attached hydrogen (secondary N) is 1. The van der Waals surface area contributed by atoms with Crippen molar-refractivity contribution in [2.75, 3.05) is 6.61 Å².